The van der Waals surface area contributed by atoms with Gasteiger partial charge in [-0.1, -0.05) is 32.9 Å². The fourth-order valence-corrected chi connectivity index (χ4v) is 3.87. The van der Waals surface area contributed by atoms with Crippen molar-refractivity contribution in [2.45, 2.75) is 52.6 Å². The molecule has 1 aliphatic rings. The molecule has 0 bridgehead atoms. The first-order valence-corrected chi connectivity index (χ1v) is 10.6. The maximum Gasteiger partial charge on any atom is 0.256 e. The van der Waals surface area contributed by atoms with Gasteiger partial charge in [-0.25, -0.2) is 0 Å². The molecule has 1 aromatic heterocycles. The number of carbonyl (C=O) groups is 2. The molecule has 1 N–H and O–H groups in total. The Bertz CT molecular complexity index is 847. The maximum atomic E-state index is 13.1. The van der Waals surface area contributed by atoms with E-state index in [-0.39, 0.29) is 23.3 Å². The Labute approximate surface area is 179 Å². The zero-order valence-electron chi connectivity index (χ0n) is 18.5. The zero-order chi connectivity index (χ0) is 21.7. The highest BCUT2D eigenvalue weighted by Gasteiger charge is 2.26. The highest BCUT2D eigenvalue weighted by atomic mass is 16.3. The van der Waals surface area contributed by atoms with Crippen LogP contribution in [0.1, 0.15) is 56.2 Å². The number of nitrogens with one attached hydrogen (secondary N) is 1. The molecule has 0 radical (unpaired) electrons. The largest absolute Gasteiger partial charge is 0.467 e. The number of rotatable bonds is 6. The molecule has 0 unspecified atom stereocenters. The maximum absolute atomic E-state index is 13.1. The number of anilines is 1. The van der Waals surface area contributed by atoms with Crippen LogP contribution in [0.4, 0.5) is 5.69 Å². The van der Waals surface area contributed by atoms with E-state index in [2.05, 4.69) is 31.0 Å². The van der Waals surface area contributed by atoms with Gasteiger partial charge in [-0.2, -0.15) is 0 Å². The van der Waals surface area contributed by atoms with E-state index in [1.165, 1.54) is 0 Å². The van der Waals surface area contributed by atoms with Crippen LogP contribution in [0.3, 0.4) is 0 Å². The van der Waals surface area contributed by atoms with E-state index >= 15 is 0 Å². The molecular weight excluding hydrogens is 378 g/mol. The average molecular weight is 412 g/mol. The Morgan fingerprint density at radius 1 is 1.13 bits per heavy atom. The number of amides is 2. The quantitative estimate of drug-likeness (QED) is 0.778. The van der Waals surface area contributed by atoms with Gasteiger partial charge in [-0.15, -0.1) is 0 Å². The Hall–Kier alpha value is -2.76. The number of hydrogen-bond acceptors (Lipinski definition) is 4. The molecule has 0 atom stereocenters. The summed E-state index contributed by atoms with van der Waals surface area (Å²) in [4.78, 5) is 29.3. The molecule has 1 fully saturated rings. The molecule has 0 spiro atoms. The van der Waals surface area contributed by atoms with Gasteiger partial charge in [0.1, 0.15) is 5.76 Å². The molecule has 162 valence electrons. The van der Waals surface area contributed by atoms with Gasteiger partial charge < -0.3 is 19.5 Å². The van der Waals surface area contributed by atoms with E-state index in [1.807, 2.05) is 36.4 Å². The second-order valence-electron chi connectivity index (χ2n) is 9.32. The monoisotopic (exact) mass is 411 g/mol. The molecule has 6 nitrogen and oxygen atoms in total. The number of furan rings is 1. The smallest absolute Gasteiger partial charge is 0.256 e. The first-order valence-electron chi connectivity index (χ1n) is 10.6. The standard InChI is InChI=1S/C24H33N3O3/c1-24(2,3)16-22(28)25-18-11-13-27(14-12-18)21-10-6-5-9-20(21)23(29)26(4)17-19-8-7-15-30-19/h5-10,15,18H,11-14,16-17H2,1-4H3,(H,25,28). The minimum absolute atomic E-state index is 0.00818. The van der Waals surface area contributed by atoms with Gasteiger partial charge in [0.25, 0.3) is 5.91 Å². The van der Waals surface area contributed by atoms with Crippen molar-refractivity contribution in [2.75, 3.05) is 25.0 Å². The lowest BCUT2D eigenvalue weighted by Crippen LogP contribution is -2.45. The third kappa shape index (κ3) is 5.88. The van der Waals surface area contributed by atoms with Crippen LogP contribution in [-0.2, 0) is 11.3 Å². The van der Waals surface area contributed by atoms with Crippen LogP contribution in [0.25, 0.3) is 0 Å². The van der Waals surface area contributed by atoms with Crippen LogP contribution >= 0.6 is 0 Å². The van der Waals surface area contributed by atoms with Crippen LogP contribution < -0.4 is 10.2 Å². The lowest BCUT2D eigenvalue weighted by atomic mass is 9.91. The minimum Gasteiger partial charge on any atom is -0.467 e. The van der Waals surface area contributed by atoms with E-state index in [1.54, 1.807) is 18.2 Å². The molecule has 30 heavy (non-hydrogen) atoms. The predicted molar refractivity (Wildman–Crippen MR) is 118 cm³/mol. The molecule has 0 aliphatic carbocycles. The zero-order valence-corrected chi connectivity index (χ0v) is 18.5. The number of piperidine rings is 1. The highest BCUT2D eigenvalue weighted by molar-refractivity contribution is 5.99. The summed E-state index contributed by atoms with van der Waals surface area (Å²) in [6, 6.07) is 11.6. The van der Waals surface area contributed by atoms with Crippen molar-refractivity contribution in [3.63, 3.8) is 0 Å². The molecule has 2 amide bonds. The van der Waals surface area contributed by atoms with Crippen molar-refractivity contribution in [2.24, 2.45) is 5.41 Å². The summed E-state index contributed by atoms with van der Waals surface area (Å²) < 4.78 is 5.37. The molecule has 2 heterocycles. The lowest BCUT2D eigenvalue weighted by Gasteiger charge is -2.35. The van der Waals surface area contributed by atoms with Gasteiger partial charge in [0.2, 0.25) is 5.91 Å². The fourth-order valence-electron chi connectivity index (χ4n) is 3.87. The first kappa shape index (κ1) is 21.9. The van der Waals surface area contributed by atoms with Crippen LogP contribution in [0.5, 0.6) is 0 Å². The van der Waals surface area contributed by atoms with Gasteiger partial charge in [-0.05, 0) is 42.5 Å². The summed E-state index contributed by atoms with van der Waals surface area (Å²) in [7, 11) is 1.79. The van der Waals surface area contributed by atoms with Crippen molar-refractivity contribution in [1.82, 2.24) is 10.2 Å². The number of benzene rings is 1. The topological polar surface area (TPSA) is 65.8 Å². The molecule has 1 aliphatic heterocycles. The third-order valence-corrected chi connectivity index (χ3v) is 5.35. The molecule has 1 saturated heterocycles. The SMILES string of the molecule is CN(Cc1ccco1)C(=O)c1ccccc1N1CCC(NC(=O)CC(C)(C)C)CC1. The third-order valence-electron chi connectivity index (χ3n) is 5.35. The summed E-state index contributed by atoms with van der Waals surface area (Å²) >= 11 is 0. The van der Waals surface area contributed by atoms with Crippen molar-refractivity contribution in [1.29, 1.82) is 0 Å². The molecule has 6 heteroatoms. The van der Waals surface area contributed by atoms with E-state index < -0.39 is 0 Å². The number of nitrogens with zero attached hydrogens (tertiary/aromatic N) is 2. The number of carbonyl (C=O) groups excluding carboxylic acids is 2. The van der Waals surface area contributed by atoms with Crippen LogP contribution in [0.2, 0.25) is 0 Å². The van der Waals surface area contributed by atoms with Crippen LogP contribution in [-0.4, -0.2) is 42.9 Å². The van der Waals surface area contributed by atoms with E-state index in [0.717, 1.165) is 37.4 Å². The lowest BCUT2D eigenvalue weighted by molar-refractivity contribution is -0.123. The van der Waals surface area contributed by atoms with Crippen molar-refractivity contribution >= 4 is 17.5 Å². The van der Waals surface area contributed by atoms with Gasteiger partial charge in [0.05, 0.1) is 18.4 Å². The predicted octanol–water partition coefficient (Wildman–Crippen LogP) is 4.07. The summed E-state index contributed by atoms with van der Waals surface area (Å²) in [5.41, 5.74) is 1.64. The molecule has 0 saturated carbocycles. The molecule has 2 aromatic rings. The summed E-state index contributed by atoms with van der Waals surface area (Å²) in [6.07, 6.45) is 3.90. The van der Waals surface area contributed by atoms with E-state index in [0.29, 0.717) is 18.5 Å². The second-order valence-corrected chi connectivity index (χ2v) is 9.32. The highest BCUT2D eigenvalue weighted by Crippen LogP contribution is 2.26. The first-order chi connectivity index (χ1) is 14.2. The van der Waals surface area contributed by atoms with Gasteiger partial charge >= 0.3 is 0 Å². The Kier molecular flexibility index (Phi) is 6.85. The van der Waals surface area contributed by atoms with Crippen molar-refractivity contribution < 1.29 is 14.0 Å². The van der Waals surface area contributed by atoms with Crippen LogP contribution in [0, 0.1) is 5.41 Å². The number of hydrogen-bond donors (Lipinski definition) is 1. The summed E-state index contributed by atoms with van der Waals surface area (Å²) in [5.74, 6) is 0.855. The van der Waals surface area contributed by atoms with Gasteiger partial charge in [0, 0.05) is 38.3 Å². The Morgan fingerprint density at radius 2 is 1.83 bits per heavy atom. The van der Waals surface area contributed by atoms with Gasteiger partial charge in [-0.3, -0.25) is 9.59 Å². The number of para-hydroxylation sites is 1. The second kappa shape index (κ2) is 9.37. The van der Waals surface area contributed by atoms with Crippen molar-refractivity contribution in [3.05, 3.63) is 54.0 Å². The van der Waals surface area contributed by atoms with Crippen LogP contribution in [0.15, 0.2) is 47.1 Å². The minimum atomic E-state index is -0.0254. The summed E-state index contributed by atoms with van der Waals surface area (Å²) in [5, 5.41) is 3.18. The van der Waals surface area contributed by atoms with Crippen molar-refractivity contribution in [3.8, 4) is 0 Å². The van der Waals surface area contributed by atoms with Gasteiger partial charge in [0.15, 0.2) is 0 Å². The molecule has 3 rings (SSSR count). The summed E-state index contributed by atoms with van der Waals surface area (Å²) in [6.45, 7) is 8.28. The van der Waals surface area contributed by atoms with E-state index in [9.17, 15) is 9.59 Å². The Morgan fingerprint density at radius 3 is 2.47 bits per heavy atom. The molecular formula is C24H33N3O3. The Balaban J connectivity index is 1.61. The average Bonchev–Trinajstić information content (AvgIpc) is 3.19. The van der Waals surface area contributed by atoms with E-state index in [4.69, 9.17) is 4.42 Å². The normalized spacial score (nSPS) is 15.1. The fraction of sp³-hybridized carbons (Fsp3) is 0.500. The molecule has 1 aromatic carbocycles.